The molecule has 0 heterocycles. The summed E-state index contributed by atoms with van der Waals surface area (Å²) in [6.07, 6.45) is -0.163. The van der Waals surface area contributed by atoms with Gasteiger partial charge in [0.25, 0.3) is 0 Å². The van der Waals surface area contributed by atoms with Crippen molar-refractivity contribution in [2.75, 3.05) is 26.4 Å². The van der Waals surface area contributed by atoms with Crippen molar-refractivity contribution in [3.8, 4) is 0 Å². The van der Waals surface area contributed by atoms with Crippen LogP contribution < -0.4 is 5.32 Å². The normalized spacial score (nSPS) is 13.4. The second-order valence-corrected chi connectivity index (χ2v) is 5.23. The van der Waals surface area contributed by atoms with E-state index < -0.39 is 11.6 Å². The van der Waals surface area contributed by atoms with Gasteiger partial charge in [-0.3, -0.25) is 0 Å². The molecule has 0 aliphatic rings. The zero-order chi connectivity index (χ0) is 15.7. The average molecular weight is 302 g/mol. The first kappa shape index (κ1) is 18.0. The summed E-state index contributed by atoms with van der Waals surface area (Å²) in [6.45, 7) is 2.01. The molecular weight excluding hydrogens is 277 g/mol. The lowest BCUT2D eigenvalue weighted by molar-refractivity contribution is -0.736. The Kier molecular flexibility index (Phi) is 7.77. The maximum absolute atomic E-state index is 13.4. The third kappa shape index (κ3) is 5.68. The molecule has 0 bridgehead atoms. The van der Waals surface area contributed by atoms with E-state index in [-0.39, 0.29) is 32.2 Å². The number of rotatable bonds is 10. The van der Waals surface area contributed by atoms with Gasteiger partial charge in [-0.15, -0.1) is 0 Å². The van der Waals surface area contributed by atoms with Crippen LogP contribution in [0, 0.1) is 5.82 Å². The van der Waals surface area contributed by atoms with Gasteiger partial charge >= 0.3 is 0 Å². The Hall–Kier alpha value is -1.05. The minimum atomic E-state index is -0.749. The van der Waals surface area contributed by atoms with Crippen LogP contribution in [0.1, 0.15) is 18.9 Å². The number of hydrogen-bond acceptors (Lipinski definition) is 4. The van der Waals surface area contributed by atoms with E-state index in [1.54, 1.807) is 23.5 Å². The number of hydrogen-bond donors (Lipinski definition) is 4. The quantitative estimate of drug-likeness (QED) is 0.465. The third-order valence-electron chi connectivity index (χ3n) is 3.68. The number of quaternary nitrogens is 1. The van der Waals surface area contributed by atoms with E-state index in [2.05, 4.69) is 0 Å². The van der Waals surface area contributed by atoms with Crippen LogP contribution in [0.3, 0.4) is 0 Å². The van der Waals surface area contributed by atoms with Crippen molar-refractivity contribution >= 4 is 0 Å². The first-order valence-corrected chi connectivity index (χ1v) is 7.12. The highest BCUT2D eigenvalue weighted by Gasteiger charge is 2.30. The van der Waals surface area contributed by atoms with Crippen molar-refractivity contribution in [2.24, 2.45) is 0 Å². The number of aliphatic hydroxyl groups is 3. The van der Waals surface area contributed by atoms with E-state index in [1.807, 2.05) is 6.92 Å². The third-order valence-corrected chi connectivity index (χ3v) is 3.68. The molecule has 1 aromatic carbocycles. The van der Waals surface area contributed by atoms with Crippen LogP contribution in [0.2, 0.25) is 0 Å². The van der Waals surface area contributed by atoms with Gasteiger partial charge in [0, 0.05) is 12.0 Å². The fourth-order valence-corrected chi connectivity index (χ4v) is 1.92. The fourth-order valence-electron chi connectivity index (χ4n) is 1.92. The maximum Gasteiger partial charge on any atom is 0.142 e. The number of nitrogens with two attached hydrogens (primary N) is 1. The van der Waals surface area contributed by atoms with Crippen molar-refractivity contribution < 1.29 is 29.8 Å². The molecule has 0 aromatic heterocycles. The van der Waals surface area contributed by atoms with E-state index in [4.69, 9.17) is 4.74 Å². The van der Waals surface area contributed by atoms with Crippen molar-refractivity contribution in [1.29, 1.82) is 0 Å². The summed E-state index contributed by atoms with van der Waals surface area (Å²) in [5.74, 6) is -0.330. The Morgan fingerprint density at radius 3 is 2.52 bits per heavy atom. The van der Waals surface area contributed by atoms with Crippen LogP contribution in [0.5, 0.6) is 0 Å². The van der Waals surface area contributed by atoms with Gasteiger partial charge in [-0.05, 0) is 6.07 Å². The highest BCUT2D eigenvalue weighted by atomic mass is 19.1. The van der Waals surface area contributed by atoms with E-state index in [0.29, 0.717) is 18.5 Å². The van der Waals surface area contributed by atoms with Crippen LogP contribution in [0.4, 0.5) is 4.39 Å². The van der Waals surface area contributed by atoms with Gasteiger partial charge in [-0.1, -0.05) is 25.1 Å². The highest BCUT2D eigenvalue weighted by Crippen LogP contribution is 2.07. The summed E-state index contributed by atoms with van der Waals surface area (Å²) in [4.78, 5) is 0. The Labute approximate surface area is 124 Å². The van der Waals surface area contributed by atoms with Crippen LogP contribution in [0.15, 0.2) is 24.3 Å². The molecule has 5 nitrogen and oxygen atoms in total. The predicted octanol–water partition coefficient (Wildman–Crippen LogP) is -0.600. The van der Waals surface area contributed by atoms with E-state index in [9.17, 15) is 19.7 Å². The lowest BCUT2D eigenvalue weighted by Crippen LogP contribution is -3.00. The van der Waals surface area contributed by atoms with E-state index in [0.717, 1.165) is 0 Å². The molecule has 0 fully saturated rings. The van der Waals surface area contributed by atoms with Crippen molar-refractivity contribution in [3.63, 3.8) is 0 Å². The summed E-state index contributed by atoms with van der Waals surface area (Å²) < 4.78 is 18.6. The molecule has 6 heteroatoms. The van der Waals surface area contributed by atoms with Crippen molar-refractivity contribution in [3.05, 3.63) is 35.6 Å². The maximum atomic E-state index is 13.4. The van der Waals surface area contributed by atoms with Crippen LogP contribution in [-0.4, -0.2) is 53.3 Å². The Morgan fingerprint density at radius 2 is 1.95 bits per heavy atom. The zero-order valence-corrected chi connectivity index (χ0v) is 12.3. The molecular formula is C15H25FNO4+. The largest absolute Gasteiger partial charge is 0.390 e. The topological polar surface area (TPSA) is 86.5 Å². The first-order valence-electron chi connectivity index (χ1n) is 7.12. The van der Waals surface area contributed by atoms with E-state index in [1.165, 1.54) is 6.07 Å². The summed E-state index contributed by atoms with van der Waals surface area (Å²) in [5, 5.41) is 30.2. The second kappa shape index (κ2) is 9.07. The minimum Gasteiger partial charge on any atom is -0.390 e. The molecule has 0 spiro atoms. The van der Waals surface area contributed by atoms with Crippen LogP contribution >= 0.6 is 0 Å². The standard InChI is InChI=1S/C15H24FNO4/c1-2-15(10-18,11-19)17-7-13(20)9-21-8-12-5-3-4-6-14(12)16/h3-6,13,17-20H,2,7-11H2,1H3/p+1/t13-/m1/s1. The van der Waals surface area contributed by atoms with Crippen molar-refractivity contribution in [1.82, 2.24) is 0 Å². The summed E-state index contributed by atoms with van der Waals surface area (Å²) in [6, 6.07) is 6.33. The van der Waals surface area contributed by atoms with Crippen LogP contribution in [0.25, 0.3) is 0 Å². The monoisotopic (exact) mass is 302 g/mol. The van der Waals surface area contributed by atoms with Gasteiger partial charge < -0.3 is 25.4 Å². The zero-order valence-electron chi connectivity index (χ0n) is 12.3. The minimum absolute atomic E-state index is 0.0709. The number of halogens is 1. The lowest BCUT2D eigenvalue weighted by atomic mass is 9.98. The van der Waals surface area contributed by atoms with Gasteiger partial charge in [0.2, 0.25) is 0 Å². The number of benzene rings is 1. The summed E-state index contributed by atoms with van der Waals surface area (Å²) in [5.41, 5.74) is -0.228. The molecule has 1 rings (SSSR count). The second-order valence-electron chi connectivity index (χ2n) is 5.23. The van der Waals surface area contributed by atoms with Gasteiger partial charge in [-0.2, -0.15) is 0 Å². The molecule has 5 N–H and O–H groups in total. The fraction of sp³-hybridized carbons (Fsp3) is 0.600. The number of aliphatic hydroxyl groups excluding tert-OH is 3. The summed E-state index contributed by atoms with van der Waals surface area (Å²) >= 11 is 0. The van der Waals surface area contributed by atoms with Crippen molar-refractivity contribution in [2.45, 2.75) is 31.6 Å². The first-order chi connectivity index (χ1) is 10.1. The summed E-state index contributed by atoms with van der Waals surface area (Å²) in [7, 11) is 0. The number of ether oxygens (including phenoxy) is 1. The molecule has 21 heavy (non-hydrogen) atoms. The molecule has 0 aliphatic heterocycles. The van der Waals surface area contributed by atoms with E-state index >= 15 is 0 Å². The Morgan fingerprint density at radius 1 is 1.29 bits per heavy atom. The molecule has 0 saturated carbocycles. The molecule has 0 amide bonds. The Bertz CT molecular complexity index is 404. The Balaban J connectivity index is 2.31. The smallest absolute Gasteiger partial charge is 0.142 e. The van der Waals surface area contributed by atoms with Crippen LogP contribution in [-0.2, 0) is 11.3 Å². The van der Waals surface area contributed by atoms with Gasteiger partial charge in [0.1, 0.15) is 37.2 Å². The predicted molar refractivity (Wildman–Crippen MR) is 76.0 cm³/mol. The molecule has 1 atom stereocenters. The lowest BCUT2D eigenvalue weighted by Gasteiger charge is -2.27. The van der Waals surface area contributed by atoms with Gasteiger partial charge in [0.05, 0.1) is 13.2 Å². The average Bonchev–Trinajstić information content (AvgIpc) is 2.51. The molecule has 120 valence electrons. The molecule has 0 saturated heterocycles. The van der Waals surface area contributed by atoms with Gasteiger partial charge in [-0.25, -0.2) is 4.39 Å². The molecule has 1 aromatic rings. The highest BCUT2D eigenvalue weighted by molar-refractivity contribution is 5.16. The molecule has 0 unspecified atom stereocenters. The SMILES string of the molecule is CCC(CO)(CO)[NH2+]C[C@@H](O)COCc1ccccc1F. The van der Waals surface area contributed by atoms with Gasteiger partial charge in [0.15, 0.2) is 0 Å². The molecule has 0 radical (unpaired) electrons. The molecule has 0 aliphatic carbocycles.